The molecule has 0 saturated carbocycles. The van der Waals surface area contributed by atoms with E-state index < -0.39 is 0 Å². The van der Waals surface area contributed by atoms with Crippen molar-refractivity contribution in [2.24, 2.45) is 0 Å². The molecule has 1 aromatic heterocycles. The third-order valence-corrected chi connectivity index (χ3v) is 5.60. The van der Waals surface area contributed by atoms with Crippen LogP contribution in [0.3, 0.4) is 0 Å². The van der Waals surface area contributed by atoms with Gasteiger partial charge in [-0.3, -0.25) is 4.79 Å². The number of piperidine rings is 1. The Kier molecular flexibility index (Phi) is 3.47. The van der Waals surface area contributed by atoms with E-state index in [0.717, 1.165) is 35.6 Å². The van der Waals surface area contributed by atoms with Crippen LogP contribution in [0, 0.1) is 6.92 Å². The van der Waals surface area contributed by atoms with Crippen LogP contribution in [0.15, 0.2) is 18.2 Å². The zero-order valence-electron chi connectivity index (χ0n) is 12.6. The number of rotatable bonds is 2. The molecule has 2 aliphatic heterocycles. The van der Waals surface area contributed by atoms with E-state index in [1.807, 2.05) is 17.4 Å². The van der Waals surface area contributed by atoms with Crippen molar-refractivity contribution in [1.82, 2.24) is 10.3 Å². The topological polar surface area (TPSA) is 54.0 Å². The molecule has 4 nitrogen and oxygen atoms in total. The van der Waals surface area contributed by atoms with Crippen LogP contribution in [0.25, 0.3) is 11.3 Å². The van der Waals surface area contributed by atoms with E-state index in [-0.39, 0.29) is 5.91 Å². The number of carbonyl (C=O) groups is 1. The highest BCUT2D eigenvalue weighted by Crippen LogP contribution is 2.35. The van der Waals surface area contributed by atoms with Gasteiger partial charge in [0.2, 0.25) is 5.91 Å². The molecule has 0 spiro atoms. The summed E-state index contributed by atoms with van der Waals surface area (Å²) in [5, 5.41) is 7.59. The van der Waals surface area contributed by atoms with Crippen molar-refractivity contribution in [3.05, 3.63) is 33.6 Å². The molecule has 1 fully saturated rings. The molecular weight excluding hydrogens is 294 g/mol. The summed E-state index contributed by atoms with van der Waals surface area (Å²) in [6.07, 6.45) is 2.93. The summed E-state index contributed by atoms with van der Waals surface area (Å²) in [6.45, 7) is 4.30. The summed E-state index contributed by atoms with van der Waals surface area (Å²) in [7, 11) is 0. The standard InChI is InChI=1S/C17H19N3OS/c1-10-16(20-17(22-10)12-3-2-6-18-9-12)11-4-5-14-13(7-11)8-15(21)19-14/h4-5,7,12,18H,2-3,6,8-9H2,1H3,(H,19,21). The molecule has 22 heavy (non-hydrogen) atoms. The van der Waals surface area contributed by atoms with Gasteiger partial charge in [-0.25, -0.2) is 4.98 Å². The summed E-state index contributed by atoms with van der Waals surface area (Å²) in [5.74, 6) is 0.625. The average molecular weight is 313 g/mol. The molecular formula is C17H19N3OS. The number of nitrogens with zero attached hydrogens (tertiary/aromatic N) is 1. The van der Waals surface area contributed by atoms with Crippen LogP contribution in [-0.4, -0.2) is 24.0 Å². The monoisotopic (exact) mass is 313 g/mol. The molecule has 2 aliphatic rings. The third kappa shape index (κ3) is 2.44. The smallest absolute Gasteiger partial charge is 0.228 e. The number of fused-ring (bicyclic) bond motifs is 1. The maximum atomic E-state index is 11.5. The van der Waals surface area contributed by atoms with Crippen LogP contribution in [0.4, 0.5) is 5.69 Å². The lowest BCUT2D eigenvalue weighted by Gasteiger charge is -2.20. The van der Waals surface area contributed by atoms with E-state index in [2.05, 4.69) is 29.7 Å². The first-order chi connectivity index (χ1) is 10.7. The van der Waals surface area contributed by atoms with Gasteiger partial charge in [-0.15, -0.1) is 11.3 Å². The Labute approximate surface area is 134 Å². The van der Waals surface area contributed by atoms with Gasteiger partial charge < -0.3 is 10.6 Å². The first-order valence-electron chi connectivity index (χ1n) is 7.82. The van der Waals surface area contributed by atoms with E-state index in [4.69, 9.17) is 4.98 Å². The van der Waals surface area contributed by atoms with Crippen molar-refractivity contribution < 1.29 is 4.79 Å². The number of anilines is 1. The molecule has 1 saturated heterocycles. The Bertz CT molecular complexity index is 732. The minimum atomic E-state index is 0.0797. The number of nitrogens with one attached hydrogen (secondary N) is 2. The Morgan fingerprint density at radius 3 is 3.09 bits per heavy atom. The Morgan fingerprint density at radius 1 is 1.36 bits per heavy atom. The summed E-state index contributed by atoms with van der Waals surface area (Å²) < 4.78 is 0. The Balaban J connectivity index is 1.67. The van der Waals surface area contributed by atoms with E-state index in [0.29, 0.717) is 12.3 Å². The predicted molar refractivity (Wildman–Crippen MR) is 89.5 cm³/mol. The Hall–Kier alpha value is -1.72. The van der Waals surface area contributed by atoms with Crippen molar-refractivity contribution in [2.45, 2.75) is 32.1 Å². The zero-order valence-corrected chi connectivity index (χ0v) is 13.4. The summed E-state index contributed by atoms with van der Waals surface area (Å²) >= 11 is 1.82. The molecule has 0 bridgehead atoms. The van der Waals surface area contributed by atoms with E-state index >= 15 is 0 Å². The number of aromatic nitrogens is 1. The van der Waals surface area contributed by atoms with E-state index in [1.54, 1.807) is 0 Å². The Morgan fingerprint density at radius 2 is 2.27 bits per heavy atom. The van der Waals surface area contributed by atoms with Gasteiger partial charge in [-0.05, 0) is 44.0 Å². The van der Waals surface area contributed by atoms with Gasteiger partial charge in [0.1, 0.15) is 0 Å². The number of hydrogen-bond donors (Lipinski definition) is 2. The molecule has 5 heteroatoms. The van der Waals surface area contributed by atoms with Gasteiger partial charge in [0, 0.05) is 28.6 Å². The van der Waals surface area contributed by atoms with Crippen LogP contribution in [0.2, 0.25) is 0 Å². The molecule has 1 amide bonds. The highest BCUT2D eigenvalue weighted by molar-refractivity contribution is 7.12. The molecule has 4 rings (SSSR count). The lowest BCUT2D eigenvalue weighted by molar-refractivity contribution is -0.115. The van der Waals surface area contributed by atoms with Crippen LogP contribution in [0.1, 0.15) is 34.2 Å². The molecule has 1 unspecified atom stereocenters. The second kappa shape index (κ2) is 5.48. The molecule has 2 aromatic rings. The van der Waals surface area contributed by atoms with Gasteiger partial charge in [-0.2, -0.15) is 0 Å². The molecule has 1 atom stereocenters. The van der Waals surface area contributed by atoms with Crippen LogP contribution in [-0.2, 0) is 11.2 Å². The molecule has 0 aliphatic carbocycles. The normalized spacial score (nSPS) is 20.8. The van der Waals surface area contributed by atoms with E-state index in [1.165, 1.54) is 22.7 Å². The third-order valence-electron chi connectivity index (χ3n) is 4.46. The average Bonchev–Trinajstić information content (AvgIpc) is 3.09. The van der Waals surface area contributed by atoms with Gasteiger partial charge in [0.15, 0.2) is 0 Å². The van der Waals surface area contributed by atoms with Gasteiger partial charge >= 0.3 is 0 Å². The highest BCUT2D eigenvalue weighted by atomic mass is 32.1. The lowest BCUT2D eigenvalue weighted by atomic mass is 10.0. The van der Waals surface area contributed by atoms with Gasteiger partial charge in [0.25, 0.3) is 0 Å². The lowest BCUT2D eigenvalue weighted by Crippen LogP contribution is -2.28. The number of carbonyl (C=O) groups excluding carboxylic acids is 1. The maximum Gasteiger partial charge on any atom is 0.228 e. The fraction of sp³-hybridized carbons (Fsp3) is 0.412. The van der Waals surface area contributed by atoms with Crippen LogP contribution >= 0.6 is 11.3 Å². The molecule has 1 aromatic carbocycles. The van der Waals surface area contributed by atoms with Gasteiger partial charge in [0.05, 0.1) is 17.1 Å². The first kappa shape index (κ1) is 13.9. The molecule has 3 heterocycles. The minimum Gasteiger partial charge on any atom is -0.326 e. The van der Waals surface area contributed by atoms with Gasteiger partial charge in [-0.1, -0.05) is 6.07 Å². The van der Waals surface area contributed by atoms with Crippen LogP contribution < -0.4 is 10.6 Å². The largest absolute Gasteiger partial charge is 0.326 e. The summed E-state index contributed by atoms with van der Waals surface area (Å²) in [5.41, 5.74) is 4.22. The second-order valence-electron chi connectivity index (χ2n) is 6.10. The predicted octanol–water partition coefficient (Wildman–Crippen LogP) is 3.08. The number of aryl methyl sites for hydroxylation is 1. The maximum absolute atomic E-state index is 11.5. The second-order valence-corrected chi connectivity index (χ2v) is 7.33. The SMILES string of the molecule is Cc1sc(C2CCCNC2)nc1-c1ccc2c(c1)CC(=O)N2. The van der Waals surface area contributed by atoms with Crippen molar-refractivity contribution in [2.75, 3.05) is 18.4 Å². The summed E-state index contributed by atoms with van der Waals surface area (Å²) in [6, 6.07) is 6.17. The van der Waals surface area contributed by atoms with Crippen molar-refractivity contribution in [1.29, 1.82) is 0 Å². The molecule has 2 N–H and O–H groups in total. The van der Waals surface area contributed by atoms with E-state index in [9.17, 15) is 4.79 Å². The van der Waals surface area contributed by atoms with Crippen molar-refractivity contribution in [3.63, 3.8) is 0 Å². The summed E-state index contributed by atoms with van der Waals surface area (Å²) in [4.78, 5) is 17.7. The van der Waals surface area contributed by atoms with Crippen LogP contribution in [0.5, 0.6) is 0 Å². The quantitative estimate of drug-likeness (QED) is 0.896. The zero-order chi connectivity index (χ0) is 15.1. The minimum absolute atomic E-state index is 0.0797. The number of thiazole rings is 1. The first-order valence-corrected chi connectivity index (χ1v) is 8.63. The fourth-order valence-electron chi connectivity index (χ4n) is 3.30. The number of amides is 1. The number of hydrogen-bond acceptors (Lipinski definition) is 4. The van der Waals surface area contributed by atoms with Crippen molar-refractivity contribution >= 4 is 22.9 Å². The highest BCUT2D eigenvalue weighted by Gasteiger charge is 2.22. The molecule has 114 valence electrons. The molecule has 0 radical (unpaired) electrons. The fourth-order valence-corrected chi connectivity index (χ4v) is 4.38. The number of benzene rings is 1. The van der Waals surface area contributed by atoms with Crippen molar-refractivity contribution in [3.8, 4) is 11.3 Å².